The highest BCUT2D eigenvalue weighted by molar-refractivity contribution is 8.16. The minimum Gasteiger partial charge on any atom is -0.496 e. The second kappa shape index (κ2) is 6.48. The molecule has 1 aliphatic heterocycles. The first-order valence-electron chi connectivity index (χ1n) is 5.83. The predicted octanol–water partition coefficient (Wildman–Crippen LogP) is 3.58. The summed E-state index contributed by atoms with van der Waals surface area (Å²) in [4.78, 5) is 0. The lowest BCUT2D eigenvalue weighted by Gasteiger charge is -2.25. The molecule has 1 fully saturated rings. The van der Waals surface area contributed by atoms with Crippen molar-refractivity contribution in [3.63, 3.8) is 0 Å². The molecule has 1 aliphatic rings. The van der Waals surface area contributed by atoms with Crippen LogP contribution >= 0.6 is 23.5 Å². The van der Waals surface area contributed by atoms with Crippen molar-refractivity contribution in [1.29, 1.82) is 0 Å². The lowest BCUT2D eigenvalue weighted by molar-refractivity contribution is 0.370. The van der Waals surface area contributed by atoms with E-state index in [-0.39, 0.29) is 0 Å². The largest absolute Gasteiger partial charge is 0.496 e. The maximum absolute atomic E-state index is 5.50. The van der Waals surface area contributed by atoms with Gasteiger partial charge in [0.1, 0.15) is 17.2 Å². The molecule has 0 saturated carbocycles. The van der Waals surface area contributed by atoms with Crippen LogP contribution in [0.15, 0.2) is 12.1 Å². The first-order valence-corrected chi connectivity index (χ1v) is 7.93. The number of hydrogen-bond acceptors (Lipinski definition) is 5. The summed E-state index contributed by atoms with van der Waals surface area (Å²) in [5, 5.41) is 0. The zero-order chi connectivity index (χ0) is 13.0. The Morgan fingerprint density at radius 1 is 0.944 bits per heavy atom. The van der Waals surface area contributed by atoms with Crippen molar-refractivity contribution in [2.24, 2.45) is 0 Å². The molecular formula is C13H18O3S2. The maximum Gasteiger partial charge on any atom is 0.131 e. The van der Waals surface area contributed by atoms with Crippen molar-refractivity contribution >= 4 is 23.5 Å². The summed E-state index contributed by atoms with van der Waals surface area (Å²) in [5.41, 5.74) is 1.13. The van der Waals surface area contributed by atoms with Crippen LogP contribution in [0.25, 0.3) is 0 Å². The highest BCUT2D eigenvalue weighted by Crippen LogP contribution is 2.51. The van der Waals surface area contributed by atoms with E-state index in [4.69, 9.17) is 14.2 Å². The Kier molecular flexibility index (Phi) is 4.95. The molecule has 1 aromatic rings. The van der Waals surface area contributed by atoms with Gasteiger partial charge in [-0.1, -0.05) is 0 Å². The minimum atomic E-state index is 0.384. The van der Waals surface area contributed by atoms with Crippen LogP contribution in [0.3, 0.4) is 0 Å². The van der Waals surface area contributed by atoms with E-state index in [2.05, 4.69) is 0 Å². The summed E-state index contributed by atoms with van der Waals surface area (Å²) in [6.45, 7) is 0. The van der Waals surface area contributed by atoms with Crippen LogP contribution in [-0.2, 0) is 0 Å². The quantitative estimate of drug-likeness (QED) is 0.843. The predicted molar refractivity (Wildman–Crippen MR) is 78.4 cm³/mol. The molecule has 0 bridgehead atoms. The lowest BCUT2D eigenvalue weighted by Crippen LogP contribution is -2.05. The second-order valence-electron chi connectivity index (χ2n) is 3.87. The smallest absolute Gasteiger partial charge is 0.131 e. The Balaban J connectivity index is 2.41. The van der Waals surface area contributed by atoms with Gasteiger partial charge in [0, 0.05) is 12.1 Å². The zero-order valence-corrected chi connectivity index (χ0v) is 12.5. The Labute approximate surface area is 117 Å². The molecule has 0 aliphatic carbocycles. The SMILES string of the molecule is COc1cc(OC)c(C2SCCCS2)c(OC)c1. The van der Waals surface area contributed by atoms with Crippen LogP contribution in [-0.4, -0.2) is 32.8 Å². The van der Waals surface area contributed by atoms with Crippen molar-refractivity contribution < 1.29 is 14.2 Å². The molecule has 0 spiro atoms. The zero-order valence-electron chi connectivity index (χ0n) is 10.9. The molecule has 0 atom stereocenters. The van der Waals surface area contributed by atoms with Gasteiger partial charge in [-0.2, -0.15) is 0 Å². The van der Waals surface area contributed by atoms with E-state index in [1.54, 1.807) is 21.3 Å². The van der Waals surface area contributed by atoms with E-state index in [1.807, 2.05) is 35.7 Å². The molecule has 0 N–H and O–H groups in total. The molecule has 2 rings (SSSR count). The molecule has 0 amide bonds. The van der Waals surface area contributed by atoms with Crippen LogP contribution in [0, 0.1) is 0 Å². The molecule has 0 unspecified atom stereocenters. The average molecular weight is 286 g/mol. The standard InChI is InChI=1S/C13H18O3S2/c1-14-9-7-10(15-2)12(11(8-9)16-3)13-17-5-4-6-18-13/h7-8,13H,4-6H2,1-3H3. The lowest BCUT2D eigenvalue weighted by atomic mass is 10.2. The molecule has 3 nitrogen and oxygen atoms in total. The van der Waals surface area contributed by atoms with Crippen LogP contribution in [0.5, 0.6) is 17.2 Å². The van der Waals surface area contributed by atoms with Crippen LogP contribution in [0.1, 0.15) is 16.6 Å². The second-order valence-corrected chi connectivity index (χ2v) is 6.60. The third kappa shape index (κ3) is 2.83. The number of thioether (sulfide) groups is 2. The van der Waals surface area contributed by atoms with E-state index < -0.39 is 0 Å². The molecule has 1 heterocycles. The summed E-state index contributed by atoms with van der Waals surface area (Å²) < 4.78 is 16.6. The summed E-state index contributed by atoms with van der Waals surface area (Å²) in [6.07, 6.45) is 1.27. The van der Waals surface area contributed by atoms with E-state index in [0.29, 0.717) is 4.58 Å². The average Bonchev–Trinajstić information content (AvgIpc) is 2.46. The highest BCUT2D eigenvalue weighted by atomic mass is 32.2. The third-order valence-electron chi connectivity index (χ3n) is 2.82. The Morgan fingerprint density at radius 3 is 1.94 bits per heavy atom. The van der Waals surface area contributed by atoms with Crippen molar-refractivity contribution in [2.75, 3.05) is 32.8 Å². The Bertz CT molecular complexity index is 378. The number of methoxy groups -OCH3 is 3. The summed E-state index contributed by atoms with van der Waals surface area (Å²) >= 11 is 3.90. The first kappa shape index (κ1) is 13.7. The number of benzene rings is 1. The molecular weight excluding hydrogens is 268 g/mol. The molecule has 18 heavy (non-hydrogen) atoms. The number of hydrogen-bond donors (Lipinski definition) is 0. The Hall–Kier alpha value is -0.680. The number of ether oxygens (including phenoxy) is 3. The maximum atomic E-state index is 5.50. The fourth-order valence-corrected chi connectivity index (χ4v) is 4.91. The van der Waals surface area contributed by atoms with E-state index in [9.17, 15) is 0 Å². The van der Waals surface area contributed by atoms with Crippen LogP contribution in [0.2, 0.25) is 0 Å². The fraction of sp³-hybridized carbons (Fsp3) is 0.538. The van der Waals surface area contributed by atoms with Crippen molar-refractivity contribution in [1.82, 2.24) is 0 Å². The highest BCUT2D eigenvalue weighted by Gasteiger charge is 2.25. The van der Waals surface area contributed by atoms with Gasteiger partial charge < -0.3 is 14.2 Å². The van der Waals surface area contributed by atoms with Gasteiger partial charge in [-0.25, -0.2) is 0 Å². The molecule has 0 aromatic heterocycles. The van der Waals surface area contributed by atoms with E-state index in [1.165, 1.54) is 17.9 Å². The summed E-state index contributed by atoms with van der Waals surface area (Å²) in [5.74, 6) is 4.83. The van der Waals surface area contributed by atoms with Crippen LogP contribution in [0.4, 0.5) is 0 Å². The minimum absolute atomic E-state index is 0.384. The Morgan fingerprint density at radius 2 is 1.50 bits per heavy atom. The van der Waals surface area contributed by atoms with Gasteiger partial charge in [0.25, 0.3) is 0 Å². The van der Waals surface area contributed by atoms with E-state index in [0.717, 1.165) is 22.8 Å². The van der Waals surface area contributed by atoms with Gasteiger partial charge in [0.05, 0.1) is 31.5 Å². The molecule has 1 aromatic carbocycles. The number of rotatable bonds is 4. The normalized spacial score (nSPS) is 16.4. The topological polar surface area (TPSA) is 27.7 Å². The molecule has 100 valence electrons. The van der Waals surface area contributed by atoms with Crippen molar-refractivity contribution in [3.05, 3.63) is 17.7 Å². The summed E-state index contributed by atoms with van der Waals surface area (Å²) in [7, 11) is 5.03. The van der Waals surface area contributed by atoms with Gasteiger partial charge in [0.2, 0.25) is 0 Å². The van der Waals surface area contributed by atoms with Gasteiger partial charge >= 0.3 is 0 Å². The fourth-order valence-electron chi connectivity index (χ4n) is 1.92. The third-order valence-corrected chi connectivity index (χ3v) is 5.76. The van der Waals surface area contributed by atoms with Crippen LogP contribution < -0.4 is 14.2 Å². The molecule has 0 radical (unpaired) electrons. The van der Waals surface area contributed by atoms with Crippen molar-refractivity contribution in [3.8, 4) is 17.2 Å². The molecule has 1 saturated heterocycles. The molecule has 5 heteroatoms. The van der Waals surface area contributed by atoms with Gasteiger partial charge in [0.15, 0.2) is 0 Å². The van der Waals surface area contributed by atoms with Gasteiger partial charge in [-0.05, 0) is 17.9 Å². The first-order chi connectivity index (χ1) is 8.80. The van der Waals surface area contributed by atoms with E-state index >= 15 is 0 Å². The summed E-state index contributed by atoms with van der Waals surface area (Å²) in [6, 6.07) is 3.85. The monoisotopic (exact) mass is 286 g/mol. The van der Waals surface area contributed by atoms with Gasteiger partial charge in [-0.15, -0.1) is 23.5 Å². The van der Waals surface area contributed by atoms with Gasteiger partial charge in [-0.3, -0.25) is 0 Å². The van der Waals surface area contributed by atoms with Crippen molar-refractivity contribution in [2.45, 2.75) is 11.0 Å².